The highest BCUT2D eigenvalue weighted by Gasteiger charge is 2.04. The van der Waals surface area contributed by atoms with Gasteiger partial charge in [-0.2, -0.15) is 0 Å². The van der Waals surface area contributed by atoms with Crippen LogP contribution in [0.2, 0.25) is 0 Å². The Labute approximate surface area is 67.0 Å². The molecule has 10 heavy (non-hydrogen) atoms. The van der Waals surface area contributed by atoms with E-state index in [0.717, 1.165) is 11.8 Å². The van der Waals surface area contributed by atoms with E-state index in [1.54, 1.807) is 0 Å². The molecule has 0 rings (SSSR count). The third-order valence-electron chi connectivity index (χ3n) is 1.96. The van der Waals surface area contributed by atoms with E-state index >= 15 is 0 Å². The van der Waals surface area contributed by atoms with Crippen molar-refractivity contribution in [1.29, 1.82) is 0 Å². The van der Waals surface area contributed by atoms with E-state index in [1.807, 2.05) is 0 Å². The second kappa shape index (κ2) is 7.11. The van der Waals surface area contributed by atoms with E-state index in [9.17, 15) is 0 Å². The van der Waals surface area contributed by atoms with Gasteiger partial charge in [-0.15, -0.1) is 0 Å². The molecule has 0 radical (unpaired) electrons. The third-order valence-corrected chi connectivity index (χ3v) is 1.96. The summed E-state index contributed by atoms with van der Waals surface area (Å²) in [6.45, 7) is 9.18. The van der Waals surface area contributed by atoms with E-state index in [4.69, 9.17) is 0 Å². The Bertz CT molecular complexity index is 51.1. The van der Waals surface area contributed by atoms with Gasteiger partial charge in [-0.3, -0.25) is 0 Å². The minimum atomic E-state index is 0. The minimum absolute atomic E-state index is 0. The van der Waals surface area contributed by atoms with E-state index in [-0.39, 0.29) is 7.43 Å². The van der Waals surface area contributed by atoms with Crippen LogP contribution in [-0.2, 0) is 0 Å². The fourth-order valence-electron chi connectivity index (χ4n) is 1.29. The van der Waals surface area contributed by atoms with Crippen molar-refractivity contribution < 1.29 is 0 Å². The van der Waals surface area contributed by atoms with E-state index in [2.05, 4.69) is 27.7 Å². The van der Waals surface area contributed by atoms with Crippen LogP contribution in [0.25, 0.3) is 0 Å². The molecule has 0 spiro atoms. The molecule has 0 aliphatic carbocycles. The molecule has 0 aliphatic rings. The smallest absolute Gasteiger partial charge is 0.0417 e. The third kappa shape index (κ3) is 6.12. The van der Waals surface area contributed by atoms with Crippen LogP contribution >= 0.6 is 0 Å². The first-order valence-electron chi connectivity index (χ1n) is 4.20. The highest BCUT2D eigenvalue weighted by Crippen LogP contribution is 2.17. The molecule has 0 saturated heterocycles. The topological polar surface area (TPSA) is 0 Å². The average molecular weight is 144 g/mol. The van der Waals surface area contributed by atoms with Gasteiger partial charge in [-0.1, -0.05) is 48.0 Å². The van der Waals surface area contributed by atoms with Crippen molar-refractivity contribution in [3.63, 3.8) is 0 Å². The Kier molecular flexibility index (Phi) is 9.00. The maximum Gasteiger partial charge on any atom is -0.0417 e. The first-order chi connectivity index (χ1) is 4.20. The van der Waals surface area contributed by atoms with Gasteiger partial charge >= 0.3 is 0 Å². The highest BCUT2D eigenvalue weighted by molar-refractivity contribution is 4.56. The quantitative estimate of drug-likeness (QED) is 0.557. The summed E-state index contributed by atoms with van der Waals surface area (Å²) in [6, 6.07) is 0. The Morgan fingerprint density at radius 2 is 1.40 bits per heavy atom. The average Bonchev–Trinajstić information content (AvgIpc) is 1.82. The van der Waals surface area contributed by atoms with E-state index in [0.29, 0.717) is 0 Å². The largest absolute Gasteiger partial charge is 0.0776 e. The van der Waals surface area contributed by atoms with Gasteiger partial charge in [-0.05, 0) is 18.3 Å². The minimum Gasteiger partial charge on any atom is -0.0776 e. The number of rotatable bonds is 4. The first-order valence-corrected chi connectivity index (χ1v) is 4.20. The molecule has 0 heterocycles. The standard InChI is InChI=1S/C9H20.CH4/c1-5-9(6-2)7-8(3)4;/h8-9H,5-7H2,1-4H3;1H4. The predicted molar refractivity (Wildman–Crippen MR) is 50.3 cm³/mol. The normalized spacial score (nSPS) is 10.2. The molecular weight excluding hydrogens is 120 g/mol. The fourth-order valence-corrected chi connectivity index (χ4v) is 1.29. The van der Waals surface area contributed by atoms with Crippen molar-refractivity contribution in [2.75, 3.05) is 0 Å². The number of hydrogen-bond donors (Lipinski definition) is 0. The monoisotopic (exact) mass is 144 g/mol. The SMILES string of the molecule is C.CCC(CC)CC(C)C. The van der Waals surface area contributed by atoms with Crippen molar-refractivity contribution in [1.82, 2.24) is 0 Å². The van der Waals surface area contributed by atoms with Crippen LogP contribution < -0.4 is 0 Å². The number of hydrogen-bond acceptors (Lipinski definition) is 0. The second-order valence-electron chi connectivity index (χ2n) is 3.31. The predicted octanol–water partition coefficient (Wildman–Crippen LogP) is 4.10. The summed E-state index contributed by atoms with van der Waals surface area (Å²) in [5.41, 5.74) is 0. The Morgan fingerprint density at radius 1 is 1.00 bits per heavy atom. The molecule has 0 aromatic heterocycles. The lowest BCUT2D eigenvalue weighted by atomic mass is 9.93. The zero-order valence-corrected chi connectivity index (χ0v) is 7.28. The van der Waals surface area contributed by atoms with Crippen LogP contribution in [0.3, 0.4) is 0 Å². The second-order valence-corrected chi connectivity index (χ2v) is 3.31. The van der Waals surface area contributed by atoms with Crippen molar-refractivity contribution in [2.45, 2.75) is 54.4 Å². The molecule has 0 nitrogen and oxygen atoms in total. The van der Waals surface area contributed by atoms with Crippen LogP contribution in [-0.4, -0.2) is 0 Å². The van der Waals surface area contributed by atoms with Gasteiger partial charge in [0.2, 0.25) is 0 Å². The van der Waals surface area contributed by atoms with Gasteiger partial charge < -0.3 is 0 Å². The fraction of sp³-hybridized carbons (Fsp3) is 1.00. The van der Waals surface area contributed by atoms with Gasteiger partial charge in [0.15, 0.2) is 0 Å². The lowest BCUT2D eigenvalue weighted by molar-refractivity contribution is 0.388. The lowest BCUT2D eigenvalue weighted by Crippen LogP contribution is -2.00. The van der Waals surface area contributed by atoms with E-state index in [1.165, 1.54) is 19.3 Å². The molecule has 0 atom stereocenters. The van der Waals surface area contributed by atoms with Gasteiger partial charge in [0.05, 0.1) is 0 Å². The van der Waals surface area contributed by atoms with Gasteiger partial charge in [0.25, 0.3) is 0 Å². The van der Waals surface area contributed by atoms with Crippen molar-refractivity contribution in [3.8, 4) is 0 Å². The molecule has 0 unspecified atom stereocenters. The molecule has 0 amide bonds. The Morgan fingerprint density at radius 3 is 1.50 bits per heavy atom. The summed E-state index contributed by atoms with van der Waals surface area (Å²) >= 11 is 0. The molecule has 0 aromatic rings. The van der Waals surface area contributed by atoms with Crippen molar-refractivity contribution >= 4 is 0 Å². The van der Waals surface area contributed by atoms with Gasteiger partial charge in [-0.25, -0.2) is 0 Å². The molecule has 0 N–H and O–H groups in total. The van der Waals surface area contributed by atoms with E-state index < -0.39 is 0 Å². The molecule has 0 aromatic carbocycles. The molecule has 0 fully saturated rings. The van der Waals surface area contributed by atoms with Gasteiger partial charge in [0, 0.05) is 0 Å². The van der Waals surface area contributed by atoms with Gasteiger partial charge in [0.1, 0.15) is 0 Å². The first kappa shape index (κ1) is 12.7. The summed E-state index contributed by atoms with van der Waals surface area (Å²) in [5.74, 6) is 1.86. The Balaban J connectivity index is 0. The zero-order chi connectivity index (χ0) is 7.28. The Hall–Kier alpha value is 0. The van der Waals surface area contributed by atoms with Crippen molar-refractivity contribution in [3.05, 3.63) is 0 Å². The molecule has 0 bridgehead atoms. The maximum absolute atomic E-state index is 2.30. The van der Waals surface area contributed by atoms with Crippen LogP contribution in [0, 0.1) is 11.8 Å². The maximum atomic E-state index is 2.30. The molecule has 0 heteroatoms. The van der Waals surface area contributed by atoms with Crippen LogP contribution in [0.15, 0.2) is 0 Å². The van der Waals surface area contributed by atoms with Crippen molar-refractivity contribution in [2.24, 2.45) is 11.8 Å². The summed E-state index contributed by atoms with van der Waals surface area (Å²) in [7, 11) is 0. The molecule has 0 aliphatic heterocycles. The highest BCUT2D eigenvalue weighted by atomic mass is 14.1. The van der Waals surface area contributed by atoms with Crippen LogP contribution in [0.1, 0.15) is 54.4 Å². The summed E-state index contributed by atoms with van der Waals surface area (Å²) in [5, 5.41) is 0. The summed E-state index contributed by atoms with van der Waals surface area (Å²) in [4.78, 5) is 0. The molecule has 64 valence electrons. The summed E-state index contributed by atoms with van der Waals surface area (Å²) in [6.07, 6.45) is 4.12. The molecule has 0 saturated carbocycles. The van der Waals surface area contributed by atoms with Crippen LogP contribution in [0.4, 0.5) is 0 Å². The summed E-state index contributed by atoms with van der Waals surface area (Å²) < 4.78 is 0. The molecular formula is C10H24. The van der Waals surface area contributed by atoms with Crippen LogP contribution in [0.5, 0.6) is 0 Å². The zero-order valence-electron chi connectivity index (χ0n) is 7.28. The lowest BCUT2D eigenvalue weighted by Gasteiger charge is -2.13.